The number of rotatable bonds is 10. The molecule has 0 fully saturated rings. The molecule has 0 aromatic heterocycles. The van der Waals surface area contributed by atoms with Crippen LogP contribution in [0.3, 0.4) is 0 Å². The molecular formula is C64H86N2O6. The average Bonchev–Trinajstić information content (AvgIpc) is 3.33. The number of aryl methyl sites for hydroxylation is 2. The maximum Gasteiger partial charge on any atom is 0.209 e. The Balaban J connectivity index is 0.000000320. The van der Waals surface area contributed by atoms with Gasteiger partial charge in [-0.05, 0) is 91.1 Å². The molecule has 6 aromatic rings. The minimum Gasteiger partial charge on any atom is -0.385 e. The Kier molecular flexibility index (Phi) is 20.7. The number of aliphatic hydroxyl groups excluding tert-OH is 2. The normalized spacial score (nSPS) is 12.9. The van der Waals surface area contributed by atoms with Crippen LogP contribution in [0.25, 0.3) is 0 Å². The van der Waals surface area contributed by atoms with Crippen molar-refractivity contribution in [2.24, 2.45) is 0 Å². The lowest BCUT2D eigenvalue weighted by Gasteiger charge is -2.35. The van der Waals surface area contributed by atoms with Gasteiger partial charge in [-0.25, -0.2) is 0 Å². The predicted octanol–water partition coefficient (Wildman–Crippen LogP) is 12.5. The van der Waals surface area contributed by atoms with Gasteiger partial charge in [0.2, 0.25) is 12.8 Å². The first kappa shape index (κ1) is 60.4. The summed E-state index contributed by atoms with van der Waals surface area (Å²) in [6.45, 7) is 30.0. The van der Waals surface area contributed by atoms with E-state index in [9.17, 15) is 30.0 Å². The lowest BCUT2D eigenvalue weighted by atomic mass is 9.76. The molecule has 0 heterocycles. The lowest BCUT2D eigenvalue weighted by molar-refractivity contribution is -0.116. The Bertz CT molecular complexity index is 2270. The first-order valence-electron chi connectivity index (χ1n) is 24.8. The van der Waals surface area contributed by atoms with Crippen LogP contribution in [0.4, 0.5) is 0 Å². The zero-order valence-electron chi connectivity index (χ0n) is 46.7. The molecule has 388 valence electrons. The quantitative estimate of drug-likeness (QED) is 0.101. The molecule has 4 N–H and O–H groups in total. The average molecular weight is 979 g/mol. The molecule has 0 spiro atoms. The highest BCUT2D eigenvalue weighted by atomic mass is 16.3. The van der Waals surface area contributed by atoms with Crippen LogP contribution in [0.15, 0.2) is 146 Å². The number of amides is 2. The van der Waals surface area contributed by atoms with Crippen molar-refractivity contribution in [3.05, 3.63) is 212 Å². The van der Waals surface area contributed by atoms with Crippen molar-refractivity contribution >= 4 is 12.8 Å². The highest BCUT2D eigenvalue weighted by Crippen LogP contribution is 2.44. The van der Waals surface area contributed by atoms with Gasteiger partial charge >= 0.3 is 0 Å². The monoisotopic (exact) mass is 979 g/mol. The number of hydrogen-bond donors (Lipinski definition) is 4. The maximum atomic E-state index is 12.1. The van der Waals surface area contributed by atoms with Crippen LogP contribution in [0.2, 0.25) is 0 Å². The molecule has 0 saturated carbocycles. The molecule has 6 aromatic carbocycles. The van der Waals surface area contributed by atoms with Crippen LogP contribution in [-0.2, 0) is 42.5 Å². The smallest absolute Gasteiger partial charge is 0.209 e. The van der Waals surface area contributed by atoms with Gasteiger partial charge in [0.1, 0.15) is 23.4 Å². The number of benzene rings is 6. The van der Waals surface area contributed by atoms with Gasteiger partial charge in [-0.1, -0.05) is 240 Å². The summed E-state index contributed by atoms with van der Waals surface area (Å²) in [6, 6.07) is 47.3. The first-order valence-corrected chi connectivity index (χ1v) is 24.8. The lowest BCUT2D eigenvalue weighted by Crippen LogP contribution is -2.35. The fraction of sp³-hybridized carbons (Fsp3) is 0.406. The minimum atomic E-state index is -1.57. The van der Waals surface area contributed by atoms with E-state index in [1.165, 1.54) is 32.1 Å². The molecule has 0 unspecified atom stereocenters. The minimum absolute atomic E-state index is 0.0145. The molecule has 0 aliphatic carbocycles. The molecule has 8 heteroatoms. The zero-order chi connectivity index (χ0) is 54.6. The second-order valence-electron chi connectivity index (χ2n) is 23.6. The molecule has 0 aliphatic heterocycles. The van der Waals surface area contributed by atoms with Crippen molar-refractivity contribution in [3.8, 4) is 0 Å². The molecule has 0 radical (unpaired) electrons. The molecular weight excluding hydrogens is 893 g/mol. The fourth-order valence-electron chi connectivity index (χ4n) is 7.84. The molecule has 6 rings (SSSR count). The van der Waals surface area contributed by atoms with Crippen molar-refractivity contribution in [1.29, 1.82) is 0 Å². The van der Waals surface area contributed by atoms with Crippen LogP contribution >= 0.6 is 0 Å². The van der Waals surface area contributed by atoms with Gasteiger partial charge in [0, 0.05) is 28.2 Å². The summed E-state index contributed by atoms with van der Waals surface area (Å²) in [5.41, 5.74) is 7.99. The van der Waals surface area contributed by atoms with E-state index in [0.29, 0.717) is 33.4 Å². The van der Waals surface area contributed by atoms with Crippen molar-refractivity contribution in [3.63, 3.8) is 0 Å². The third-order valence-electron chi connectivity index (χ3n) is 12.8. The summed E-state index contributed by atoms with van der Waals surface area (Å²) in [4.78, 5) is 21.8. The van der Waals surface area contributed by atoms with E-state index in [1.54, 1.807) is 28.2 Å². The molecule has 2 atom stereocenters. The summed E-state index contributed by atoms with van der Waals surface area (Å²) >= 11 is 0. The maximum absolute atomic E-state index is 12.1. The Morgan fingerprint density at radius 2 is 0.486 bits per heavy atom. The molecule has 8 nitrogen and oxygen atoms in total. The van der Waals surface area contributed by atoms with E-state index in [0.717, 1.165) is 23.9 Å². The molecule has 0 saturated heterocycles. The largest absolute Gasteiger partial charge is 0.385 e. The van der Waals surface area contributed by atoms with E-state index in [-0.39, 0.29) is 21.7 Å². The standard InChI is InChI=1S/2C29H36O2.2C3H7NO/c2*1-20-8-10-21(11-9-20)26(30)29(31,24-16-12-22(13-17-24)27(2,3)4)25-18-14-23(15-19-25)28(5,6)7;2*1-4(2)3-5/h2*8-19,26,30-31H,1-7H3;2*3H,1-2H3/t2*26-;;/m11../s1. The zero-order valence-corrected chi connectivity index (χ0v) is 46.7. The van der Waals surface area contributed by atoms with E-state index in [1.807, 2.05) is 159 Å². The molecule has 72 heavy (non-hydrogen) atoms. The number of aliphatic hydroxyl groups is 4. The second kappa shape index (κ2) is 24.7. The van der Waals surface area contributed by atoms with Crippen molar-refractivity contribution in [2.45, 2.75) is 142 Å². The number of nitrogens with zero attached hydrogens (tertiary/aromatic N) is 2. The van der Waals surface area contributed by atoms with E-state index in [2.05, 4.69) is 83.1 Å². The molecule has 0 aliphatic rings. The Morgan fingerprint density at radius 1 is 0.333 bits per heavy atom. The Morgan fingerprint density at radius 3 is 0.625 bits per heavy atom. The summed E-state index contributed by atoms with van der Waals surface area (Å²) in [7, 11) is 6.75. The third kappa shape index (κ3) is 16.1. The van der Waals surface area contributed by atoms with Crippen molar-refractivity contribution in [2.75, 3.05) is 28.2 Å². The van der Waals surface area contributed by atoms with E-state index in [4.69, 9.17) is 0 Å². The Labute approximate surface area is 433 Å². The topological polar surface area (TPSA) is 122 Å². The summed E-state index contributed by atoms with van der Waals surface area (Å²) < 4.78 is 0. The first-order chi connectivity index (χ1) is 33.2. The van der Waals surface area contributed by atoms with Gasteiger partial charge < -0.3 is 30.2 Å². The van der Waals surface area contributed by atoms with Crippen LogP contribution in [0.5, 0.6) is 0 Å². The van der Waals surface area contributed by atoms with Crippen LogP contribution in [-0.4, -0.2) is 71.2 Å². The van der Waals surface area contributed by atoms with Crippen LogP contribution in [0, 0.1) is 13.8 Å². The SMILES string of the molecule is CN(C)C=O.CN(C)C=O.Cc1ccc([C@@H](O)C(O)(c2ccc(C(C)(C)C)cc2)c2ccc(C(C)(C)C)cc2)cc1.Cc1ccc([C@@H](O)C(O)(c2ccc(C(C)(C)C)cc2)c2ccc(C(C)(C)C)cc2)cc1. The summed E-state index contributed by atoms with van der Waals surface area (Å²) in [5.74, 6) is 0. The molecule has 0 bridgehead atoms. The van der Waals surface area contributed by atoms with E-state index < -0.39 is 23.4 Å². The number of hydrogen-bond acceptors (Lipinski definition) is 6. The van der Waals surface area contributed by atoms with Crippen molar-refractivity contribution in [1.82, 2.24) is 9.80 Å². The molecule has 2 amide bonds. The summed E-state index contributed by atoms with van der Waals surface area (Å²) in [5, 5.41) is 47.1. The highest BCUT2D eigenvalue weighted by Gasteiger charge is 2.42. The van der Waals surface area contributed by atoms with Crippen LogP contribution in [0.1, 0.15) is 162 Å². The van der Waals surface area contributed by atoms with Gasteiger partial charge in [0.25, 0.3) is 0 Å². The summed E-state index contributed by atoms with van der Waals surface area (Å²) in [6.07, 6.45) is -0.705. The number of carbonyl (C=O) groups excluding carboxylic acids is 2. The van der Waals surface area contributed by atoms with Gasteiger partial charge in [0.15, 0.2) is 0 Å². The Hall–Kier alpha value is -5.90. The van der Waals surface area contributed by atoms with Crippen molar-refractivity contribution < 1.29 is 30.0 Å². The highest BCUT2D eigenvalue weighted by molar-refractivity contribution is 5.47. The van der Waals surface area contributed by atoms with Gasteiger partial charge in [-0.3, -0.25) is 9.59 Å². The van der Waals surface area contributed by atoms with Gasteiger partial charge in [-0.2, -0.15) is 0 Å². The van der Waals surface area contributed by atoms with Crippen LogP contribution < -0.4 is 0 Å². The number of carbonyl (C=O) groups is 2. The van der Waals surface area contributed by atoms with Gasteiger partial charge in [-0.15, -0.1) is 0 Å². The van der Waals surface area contributed by atoms with Gasteiger partial charge in [0.05, 0.1) is 0 Å². The predicted molar refractivity (Wildman–Crippen MR) is 298 cm³/mol. The fourth-order valence-corrected chi connectivity index (χ4v) is 7.84. The third-order valence-corrected chi connectivity index (χ3v) is 12.8. The second-order valence-corrected chi connectivity index (χ2v) is 23.6. The van der Waals surface area contributed by atoms with E-state index >= 15 is 0 Å².